The van der Waals surface area contributed by atoms with Gasteiger partial charge in [-0.1, -0.05) is 17.7 Å². The maximum absolute atomic E-state index is 11.6. The lowest BCUT2D eigenvalue weighted by atomic mass is 10.2. The van der Waals surface area contributed by atoms with Gasteiger partial charge in [0.25, 0.3) is 0 Å². The van der Waals surface area contributed by atoms with Gasteiger partial charge in [0.05, 0.1) is 16.4 Å². The Bertz CT molecular complexity index is 422. The van der Waals surface area contributed by atoms with E-state index >= 15 is 0 Å². The van der Waals surface area contributed by atoms with E-state index in [0.29, 0.717) is 30.2 Å². The van der Waals surface area contributed by atoms with Gasteiger partial charge < -0.3 is 16.0 Å². The number of carbonyl (C=O) groups excluding carboxylic acids is 1. The van der Waals surface area contributed by atoms with Crippen LogP contribution in [0, 0.1) is 0 Å². The molecule has 17 heavy (non-hydrogen) atoms. The first-order chi connectivity index (χ1) is 8.22. The fourth-order valence-electron chi connectivity index (χ4n) is 1.97. The van der Waals surface area contributed by atoms with Crippen LogP contribution in [0.4, 0.5) is 11.4 Å². The summed E-state index contributed by atoms with van der Waals surface area (Å²) in [5.41, 5.74) is 7.23. The number of anilines is 2. The number of hydrogen-bond acceptors (Lipinski definition) is 3. The molecule has 1 heterocycles. The molecule has 0 atom stereocenters. The van der Waals surface area contributed by atoms with Crippen molar-refractivity contribution in [3.63, 3.8) is 0 Å². The molecular formula is C12H16ClN3O. The summed E-state index contributed by atoms with van der Waals surface area (Å²) in [5.74, 6) is 0.00889. The molecule has 0 radical (unpaired) electrons. The number of nitrogens with zero attached hydrogens (tertiary/aromatic N) is 1. The molecule has 1 aromatic carbocycles. The molecule has 4 nitrogen and oxygen atoms in total. The van der Waals surface area contributed by atoms with Crippen LogP contribution in [0.15, 0.2) is 18.2 Å². The molecule has 0 unspecified atom stereocenters. The summed E-state index contributed by atoms with van der Waals surface area (Å²) >= 11 is 6.11. The summed E-state index contributed by atoms with van der Waals surface area (Å²) in [6.45, 7) is 2.20. The van der Waals surface area contributed by atoms with Crippen LogP contribution in [-0.2, 0) is 4.79 Å². The van der Waals surface area contributed by atoms with E-state index in [1.807, 2.05) is 12.1 Å². The third kappa shape index (κ3) is 2.70. The van der Waals surface area contributed by atoms with Crippen LogP contribution >= 0.6 is 11.6 Å². The zero-order valence-electron chi connectivity index (χ0n) is 9.58. The molecule has 0 spiro atoms. The van der Waals surface area contributed by atoms with Crippen molar-refractivity contribution in [2.75, 3.05) is 29.9 Å². The molecule has 92 valence electrons. The average molecular weight is 254 g/mol. The van der Waals surface area contributed by atoms with Crippen LogP contribution in [-0.4, -0.2) is 25.5 Å². The number of carbonyl (C=O) groups is 1. The maximum Gasteiger partial charge on any atom is 0.226 e. The van der Waals surface area contributed by atoms with Crippen LogP contribution in [0.1, 0.15) is 12.8 Å². The quantitative estimate of drug-likeness (QED) is 0.864. The van der Waals surface area contributed by atoms with Crippen LogP contribution in [0.25, 0.3) is 0 Å². The molecule has 2 rings (SSSR count). The Kier molecular flexibility index (Phi) is 3.86. The molecule has 1 amide bonds. The Morgan fingerprint density at radius 3 is 3.06 bits per heavy atom. The van der Waals surface area contributed by atoms with Gasteiger partial charge in [-0.3, -0.25) is 4.79 Å². The average Bonchev–Trinajstić information content (AvgIpc) is 2.47. The smallest absolute Gasteiger partial charge is 0.226 e. The molecule has 0 aliphatic carbocycles. The van der Waals surface area contributed by atoms with E-state index in [-0.39, 0.29) is 5.91 Å². The Labute approximate surface area is 106 Å². The topological polar surface area (TPSA) is 58.4 Å². The lowest BCUT2D eigenvalue weighted by Gasteiger charge is -2.24. The molecular weight excluding hydrogens is 238 g/mol. The van der Waals surface area contributed by atoms with Crippen LogP contribution < -0.4 is 16.0 Å². The molecule has 1 aliphatic rings. The predicted molar refractivity (Wildman–Crippen MR) is 70.6 cm³/mol. The molecule has 0 saturated carbocycles. The van der Waals surface area contributed by atoms with Crippen molar-refractivity contribution in [2.45, 2.75) is 12.8 Å². The Morgan fingerprint density at radius 2 is 2.29 bits per heavy atom. The Balaban J connectivity index is 2.32. The number of nitrogens with two attached hydrogens (primary N) is 1. The molecule has 0 aromatic heterocycles. The first-order valence-corrected chi connectivity index (χ1v) is 6.13. The second kappa shape index (κ2) is 5.38. The van der Waals surface area contributed by atoms with E-state index in [9.17, 15) is 4.79 Å². The third-order valence-corrected chi connectivity index (χ3v) is 3.15. The summed E-state index contributed by atoms with van der Waals surface area (Å²) in [5, 5.41) is 3.43. The second-order valence-corrected chi connectivity index (χ2v) is 4.47. The van der Waals surface area contributed by atoms with Gasteiger partial charge in [0.15, 0.2) is 0 Å². The van der Waals surface area contributed by atoms with Gasteiger partial charge in [-0.2, -0.15) is 0 Å². The van der Waals surface area contributed by atoms with Crippen LogP contribution in [0.3, 0.4) is 0 Å². The second-order valence-electron chi connectivity index (χ2n) is 4.06. The molecule has 1 aliphatic heterocycles. The Hall–Kier alpha value is -1.26. The molecule has 0 fully saturated rings. The van der Waals surface area contributed by atoms with Crippen molar-refractivity contribution >= 4 is 28.9 Å². The number of halogens is 1. The number of fused-ring (bicyclic) bond motifs is 1. The number of nitrogens with one attached hydrogen (secondary N) is 1. The fourth-order valence-corrected chi connectivity index (χ4v) is 2.19. The van der Waals surface area contributed by atoms with E-state index < -0.39 is 0 Å². The molecule has 1 aromatic rings. The highest BCUT2D eigenvalue weighted by Crippen LogP contribution is 2.34. The lowest BCUT2D eigenvalue weighted by Crippen LogP contribution is -2.27. The van der Waals surface area contributed by atoms with Crippen molar-refractivity contribution in [1.29, 1.82) is 0 Å². The summed E-state index contributed by atoms with van der Waals surface area (Å²) in [6.07, 6.45) is 1.38. The van der Waals surface area contributed by atoms with Gasteiger partial charge in [-0.05, 0) is 25.1 Å². The Morgan fingerprint density at radius 1 is 1.47 bits per heavy atom. The minimum atomic E-state index is 0.00889. The van der Waals surface area contributed by atoms with E-state index in [1.165, 1.54) is 0 Å². The highest BCUT2D eigenvalue weighted by Gasteiger charge is 2.20. The minimum Gasteiger partial charge on any atom is -0.369 e. The summed E-state index contributed by atoms with van der Waals surface area (Å²) in [7, 11) is 0. The van der Waals surface area contributed by atoms with E-state index in [2.05, 4.69) is 10.2 Å². The number of amides is 1. The van der Waals surface area contributed by atoms with Gasteiger partial charge in [0.1, 0.15) is 0 Å². The highest BCUT2D eigenvalue weighted by atomic mass is 35.5. The number of para-hydroxylation sites is 1. The van der Waals surface area contributed by atoms with Gasteiger partial charge >= 0.3 is 0 Å². The standard InChI is InChI=1S/C12H16ClN3O/c13-9-3-1-4-10-12(9)15-11(17)5-8-16(10)7-2-6-14/h1,3-4H,2,5-8,14H2,(H,15,17). The zero-order valence-corrected chi connectivity index (χ0v) is 10.3. The fraction of sp³-hybridized carbons (Fsp3) is 0.417. The zero-order chi connectivity index (χ0) is 12.3. The SMILES string of the molecule is NCCCN1CCC(=O)Nc2c(Cl)cccc21. The highest BCUT2D eigenvalue weighted by molar-refractivity contribution is 6.34. The molecule has 5 heteroatoms. The summed E-state index contributed by atoms with van der Waals surface area (Å²) in [4.78, 5) is 13.8. The van der Waals surface area contributed by atoms with Crippen molar-refractivity contribution < 1.29 is 4.79 Å². The maximum atomic E-state index is 11.6. The van der Waals surface area contributed by atoms with Gasteiger partial charge in [-0.25, -0.2) is 0 Å². The van der Waals surface area contributed by atoms with E-state index in [1.54, 1.807) is 6.07 Å². The normalized spacial score (nSPS) is 15.2. The molecule has 0 saturated heterocycles. The summed E-state index contributed by atoms with van der Waals surface area (Å²) < 4.78 is 0. The summed E-state index contributed by atoms with van der Waals surface area (Å²) in [6, 6.07) is 5.66. The molecule has 0 bridgehead atoms. The number of rotatable bonds is 3. The van der Waals surface area contributed by atoms with Crippen molar-refractivity contribution in [2.24, 2.45) is 5.73 Å². The van der Waals surface area contributed by atoms with Crippen molar-refractivity contribution in [3.05, 3.63) is 23.2 Å². The van der Waals surface area contributed by atoms with E-state index in [4.69, 9.17) is 17.3 Å². The van der Waals surface area contributed by atoms with Gasteiger partial charge in [0, 0.05) is 19.5 Å². The predicted octanol–water partition coefficient (Wildman–Crippen LogP) is 1.84. The lowest BCUT2D eigenvalue weighted by molar-refractivity contribution is -0.115. The van der Waals surface area contributed by atoms with Crippen molar-refractivity contribution in [3.8, 4) is 0 Å². The first-order valence-electron chi connectivity index (χ1n) is 5.75. The number of benzene rings is 1. The largest absolute Gasteiger partial charge is 0.369 e. The third-order valence-electron chi connectivity index (χ3n) is 2.84. The van der Waals surface area contributed by atoms with Gasteiger partial charge in [0.2, 0.25) is 5.91 Å². The minimum absolute atomic E-state index is 0.00889. The number of hydrogen-bond donors (Lipinski definition) is 2. The monoisotopic (exact) mass is 253 g/mol. The van der Waals surface area contributed by atoms with Crippen molar-refractivity contribution in [1.82, 2.24) is 0 Å². The van der Waals surface area contributed by atoms with Crippen LogP contribution in [0.2, 0.25) is 5.02 Å². The van der Waals surface area contributed by atoms with E-state index in [0.717, 1.165) is 18.7 Å². The van der Waals surface area contributed by atoms with Gasteiger partial charge in [-0.15, -0.1) is 0 Å². The first kappa shape index (κ1) is 12.2. The van der Waals surface area contributed by atoms with Crippen LogP contribution in [0.5, 0.6) is 0 Å². The molecule has 3 N–H and O–H groups in total.